The van der Waals surface area contributed by atoms with Crippen molar-refractivity contribution in [3.05, 3.63) is 81.5 Å². The lowest BCUT2D eigenvalue weighted by Crippen LogP contribution is -2.30. The van der Waals surface area contributed by atoms with E-state index >= 15 is 0 Å². The van der Waals surface area contributed by atoms with Crippen LogP contribution in [0.1, 0.15) is 43.6 Å². The Bertz CT molecular complexity index is 1130. The fraction of sp³-hybridized carbons (Fsp3) is 0.240. The van der Waals surface area contributed by atoms with Crippen molar-refractivity contribution in [1.29, 1.82) is 0 Å². The SMILES string of the molecule is COC(=O)CC(NC(=O)c1ccc(CNC(=O)c2cccs2)cc1)c1ccc(OC)c(OC)c1. The number of benzene rings is 2. The Morgan fingerprint density at radius 1 is 0.912 bits per heavy atom. The van der Waals surface area contributed by atoms with E-state index in [9.17, 15) is 14.4 Å². The van der Waals surface area contributed by atoms with Gasteiger partial charge >= 0.3 is 5.97 Å². The molecule has 0 aliphatic rings. The number of thiophene rings is 1. The van der Waals surface area contributed by atoms with Gasteiger partial charge in [0.15, 0.2) is 11.5 Å². The zero-order chi connectivity index (χ0) is 24.5. The summed E-state index contributed by atoms with van der Waals surface area (Å²) in [6.07, 6.45) is -0.0510. The summed E-state index contributed by atoms with van der Waals surface area (Å²) < 4.78 is 15.4. The Morgan fingerprint density at radius 2 is 1.65 bits per heavy atom. The number of carbonyl (C=O) groups excluding carboxylic acids is 3. The summed E-state index contributed by atoms with van der Waals surface area (Å²) >= 11 is 1.37. The number of ether oxygens (including phenoxy) is 3. The van der Waals surface area contributed by atoms with Crippen LogP contribution in [0.3, 0.4) is 0 Å². The third-order valence-electron chi connectivity index (χ3n) is 5.13. The van der Waals surface area contributed by atoms with E-state index in [2.05, 4.69) is 10.6 Å². The summed E-state index contributed by atoms with van der Waals surface area (Å²) in [6, 6.07) is 15.0. The molecule has 8 nitrogen and oxygen atoms in total. The normalized spacial score (nSPS) is 11.3. The molecule has 3 aromatic rings. The number of rotatable bonds is 10. The van der Waals surface area contributed by atoms with Crippen molar-refractivity contribution in [2.24, 2.45) is 0 Å². The van der Waals surface area contributed by atoms with E-state index in [-0.39, 0.29) is 18.2 Å². The first kappa shape index (κ1) is 24.8. The number of nitrogens with one attached hydrogen (secondary N) is 2. The maximum absolute atomic E-state index is 12.9. The average Bonchev–Trinajstić information content (AvgIpc) is 3.41. The molecule has 0 aliphatic carbocycles. The van der Waals surface area contributed by atoms with E-state index in [1.165, 1.54) is 32.7 Å². The number of hydrogen-bond acceptors (Lipinski definition) is 7. The van der Waals surface area contributed by atoms with E-state index in [1.807, 2.05) is 11.4 Å². The molecule has 0 fully saturated rings. The van der Waals surface area contributed by atoms with Gasteiger partial charge < -0.3 is 24.8 Å². The number of amides is 2. The van der Waals surface area contributed by atoms with Gasteiger partial charge in [-0.2, -0.15) is 0 Å². The number of esters is 1. The van der Waals surface area contributed by atoms with E-state index in [0.29, 0.717) is 34.0 Å². The van der Waals surface area contributed by atoms with Gasteiger partial charge in [0.1, 0.15) is 0 Å². The molecule has 0 saturated carbocycles. The Balaban J connectivity index is 1.69. The standard InChI is InChI=1S/C25H26N2O6S/c1-31-20-11-10-18(13-21(20)32-2)19(14-23(28)33-3)27-24(29)17-8-6-16(7-9-17)15-26-25(30)22-5-4-12-34-22/h4-13,19H,14-15H2,1-3H3,(H,26,30)(H,27,29). The minimum atomic E-state index is -0.635. The van der Waals surface area contributed by atoms with Crippen LogP contribution >= 0.6 is 11.3 Å². The van der Waals surface area contributed by atoms with Crippen LogP contribution in [0.4, 0.5) is 0 Å². The lowest BCUT2D eigenvalue weighted by molar-refractivity contribution is -0.141. The fourth-order valence-corrected chi connectivity index (χ4v) is 3.90. The molecule has 1 atom stereocenters. The van der Waals surface area contributed by atoms with Crippen LogP contribution in [0.5, 0.6) is 11.5 Å². The predicted molar refractivity (Wildman–Crippen MR) is 128 cm³/mol. The van der Waals surface area contributed by atoms with E-state index < -0.39 is 12.0 Å². The van der Waals surface area contributed by atoms with Gasteiger partial charge in [-0.1, -0.05) is 24.3 Å². The summed E-state index contributed by atoms with van der Waals surface area (Å²) in [7, 11) is 4.34. The minimum Gasteiger partial charge on any atom is -0.493 e. The molecule has 0 spiro atoms. The largest absolute Gasteiger partial charge is 0.493 e. The Morgan fingerprint density at radius 3 is 2.26 bits per heavy atom. The molecule has 34 heavy (non-hydrogen) atoms. The highest BCUT2D eigenvalue weighted by Crippen LogP contribution is 2.31. The highest BCUT2D eigenvalue weighted by molar-refractivity contribution is 7.12. The first-order chi connectivity index (χ1) is 16.4. The van der Waals surface area contributed by atoms with Crippen molar-refractivity contribution in [3.63, 3.8) is 0 Å². The lowest BCUT2D eigenvalue weighted by atomic mass is 10.0. The molecule has 0 aliphatic heterocycles. The smallest absolute Gasteiger partial charge is 0.307 e. The molecule has 9 heteroatoms. The second kappa shape index (κ2) is 11.9. The summed E-state index contributed by atoms with van der Waals surface area (Å²) in [4.78, 5) is 37.6. The maximum atomic E-state index is 12.9. The number of methoxy groups -OCH3 is 3. The fourth-order valence-electron chi connectivity index (χ4n) is 3.26. The monoisotopic (exact) mass is 482 g/mol. The molecular weight excluding hydrogens is 456 g/mol. The molecule has 0 saturated heterocycles. The van der Waals surface area contributed by atoms with Crippen LogP contribution in [0.2, 0.25) is 0 Å². The number of hydrogen-bond donors (Lipinski definition) is 2. The highest BCUT2D eigenvalue weighted by Gasteiger charge is 2.21. The second-order valence-corrected chi connectivity index (χ2v) is 8.23. The van der Waals surface area contributed by atoms with Crippen LogP contribution in [-0.2, 0) is 16.1 Å². The molecule has 1 heterocycles. The molecule has 1 aromatic heterocycles. The van der Waals surface area contributed by atoms with Crippen molar-refractivity contribution in [3.8, 4) is 11.5 Å². The maximum Gasteiger partial charge on any atom is 0.307 e. The zero-order valence-electron chi connectivity index (χ0n) is 19.1. The Labute approximate surface area is 201 Å². The topological polar surface area (TPSA) is 103 Å². The first-order valence-electron chi connectivity index (χ1n) is 10.5. The summed E-state index contributed by atoms with van der Waals surface area (Å²) in [5.74, 6) is 0.0707. The number of carbonyl (C=O) groups is 3. The molecule has 2 aromatic carbocycles. The quantitative estimate of drug-likeness (QED) is 0.427. The molecule has 3 rings (SSSR count). The highest BCUT2D eigenvalue weighted by atomic mass is 32.1. The van der Waals surface area contributed by atoms with E-state index in [1.54, 1.807) is 48.5 Å². The molecule has 178 valence electrons. The van der Waals surface area contributed by atoms with Crippen molar-refractivity contribution in [1.82, 2.24) is 10.6 Å². The van der Waals surface area contributed by atoms with Crippen molar-refractivity contribution in [2.45, 2.75) is 19.0 Å². The molecule has 0 radical (unpaired) electrons. The van der Waals surface area contributed by atoms with Gasteiger partial charge in [0.2, 0.25) is 0 Å². The third kappa shape index (κ3) is 6.35. The summed E-state index contributed by atoms with van der Waals surface area (Å²) in [5.41, 5.74) is 1.94. The van der Waals surface area contributed by atoms with Gasteiger partial charge in [0.25, 0.3) is 11.8 Å². The van der Waals surface area contributed by atoms with E-state index in [0.717, 1.165) is 5.56 Å². The molecule has 2 amide bonds. The molecular formula is C25H26N2O6S. The second-order valence-electron chi connectivity index (χ2n) is 7.28. The summed E-state index contributed by atoms with van der Waals surface area (Å²) in [6.45, 7) is 0.343. The van der Waals surface area contributed by atoms with Gasteiger partial charge in [-0.25, -0.2) is 0 Å². The zero-order valence-corrected chi connectivity index (χ0v) is 19.9. The average molecular weight is 483 g/mol. The van der Waals surface area contributed by atoms with Gasteiger partial charge in [-0.15, -0.1) is 11.3 Å². The van der Waals surface area contributed by atoms with Crippen molar-refractivity contribution in [2.75, 3.05) is 21.3 Å². The minimum absolute atomic E-state index is 0.0510. The van der Waals surface area contributed by atoms with Crippen LogP contribution in [0.25, 0.3) is 0 Å². The van der Waals surface area contributed by atoms with E-state index in [4.69, 9.17) is 14.2 Å². The van der Waals surface area contributed by atoms with Crippen LogP contribution in [-0.4, -0.2) is 39.1 Å². The van der Waals surface area contributed by atoms with Crippen molar-refractivity contribution < 1.29 is 28.6 Å². The Kier molecular flexibility index (Phi) is 8.64. The molecule has 2 N–H and O–H groups in total. The predicted octanol–water partition coefficient (Wildman–Crippen LogP) is 3.73. The van der Waals surface area contributed by atoms with Gasteiger partial charge in [-0.3, -0.25) is 14.4 Å². The molecule has 0 bridgehead atoms. The first-order valence-corrected chi connectivity index (χ1v) is 11.3. The molecule has 1 unspecified atom stereocenters. The Hall–Kier alpha value is -3.85. The third-order valence-corrected chi connectivity index (χ3v) is 6.00. The van der Waals surface area contributed by atoms with Crippen molar-refractivity contribution >= 4 is 29.1 Å². The van der Waals surface area contributed by atoms with Gasteiger partial charge in [0, 0.05) is 12.1 Å². The summed E-state index contributed by atoms with van der Waals surface area (Å²) in [5, 5.41) is 7.58. The van der Waals surface area contributed by atoms with Crippen LogP contribution < -0.4 is 20.1 Å². The van der Waals surface area contributed by atoms with Crippen LogP contribution in [0, 0.1) is 0 Å². The van der Waals surface area contributed by atoms with Gasteiger partial charge in [0.05, 0.1) is 38.7 Å². The van der Waals surface area contributed by atoms with Crippen LogP contribution in [0.15, 0.2) is 60.0 Å². The lowest BCUT2D eigenvalue weighted by Gasteiger charge is -2.20. The van der Waals surface area contributed by atoms with Gasteiger partial charge in [-0.05, 0) is 46.8 Å².